The Morgan fingerprint density at radius 1 is 1.24 bits per heavy atom. The van der Waals surface area contributed by atoms with E-state index in [1.54, 1.807) is 0 Å². The molecule has 2 N–H and O–H groups in total. The predicted molar refractivity (Wildman–Crippen MR) is 78.9 cm³/mol. The first-order valence-corrected chi connectivity index (χ1v) is 7.92. The molecule has 0 radical (unpaired) electrons. The number of carbonyl (C=O) groups excluding carboxylic acids is 1. The number of carboxylic acid groups (broad SMARTS) is 1. The molecule has 2 aliphatic carbocycles. The van der Waals surface area contributed by atoms with E-state index in [2.05, 4.69) is 11.9 Å². The Morgan fingerprint density at radius 3 is 2.57 bits per heavy atom. The first-order valence-electron chi connectivity index (χ1n) is 7.92. The van der Waals surface area contributed by atoms with Crippen molar-refractivity contribution in [2.24, 2.45) is 11.8 Å². The number of carboxylic acids is 1. The molecule has 2 saturated carbocycles. The van der Waals surface area contributed by atoms with Crippen LogP contribution in [0.25, 0.3) is 0 Å². The number of hydrogen-bond donors (Lipinski definition) is 2. The van der Waals surface area contributed by atoms with E-state index in [0.717, 1.165) is 51.4 Å². The predicted octanol–water partition coefficient (Wildman–Crippen LogP) is 3.10. The summed E-state index contributed by atoms with van der Waals surface area (Å²) in [7, 11) is 0. The number of hydrogen-bond acceptors (Lipinski definition) is 3. The zero-order valence-corrected chi connectivity index (χ0v) is 12.4. The number of amides is 1. The lowest BCUT2D eigenvalue weighted by Crippen LogP contribution is -2.46. The number of ether oxygens (including phenoxy) is 1. The summed E-state index contributed by atoms with van der Waals surface area (Å²) < 4.78 is 5.46. The molecule has 0 spiro atoms. The highest BCUT2D eigenvalue weighted by Crippen LogP contribution is 2.31. The van der Waals surface area contributed by atoms with Crippen molar-refractivity contribution >= 4 is 12.1 Å². The average Bonchev–Trinajstić information content (AvgIpc) is 3.08. The van der Waals surface area contributed by atoms with Gasteiger partial charge in [0.1, 0.15) is 12.1 Å². The van der Waals surface area contributed by atoms with Crippen LogP contribution in [0, 0.1) is 11.8 Å². The highest BCUT2D eigenvalue weighted by Gasteiger charge is 2.34. The van der Waals surface area contributed by atoms with Crippen LogP contribution in [0.1, 0.15) is 51.4 Å². The van der Waals surface area contributed by atoms with Crippen molar-refractivity contribution in [1.29, 1.82) is 0 Å². The van der Waals surface area contributed by atoms with Crippen LogP contribution < -0.4 is 5.32 Å². The zero-order valence-electron chi connectivity index (χ0n) is 12.4. The van der Waals surface area contributed by atoms with Crippen LogP contribution in [0.2, 0.25) is 0 Å². The Hall–Kier alpha value is -1.52. The number of aliphatic carboxylic acids is 1. The van der Waals surface area contributed by atoms with Gasteiger partial charge in [-0.3, -0.25) is 0 Å². The molecule has 0 aromatic carbocycles. The summed E-state index contributed by atoms with van der Waals surface area (Å²) in [6.45, 7) is 3.73. The molecule has 0 aromatic heterocycles. The lowest BCUT2D eigenvalue weighted by Gasteiger charge is -2.23. The van der Waals surface area contributed by atoms with Gasteiger partial charge in [0.2, 0.25) is 0 Å². The molecule has 1 amide bonds. The minimum Gasteiger partial charge on any atom is -0.480 e. The van der Waals surface area contributed by atoms with Crippen molar-refractivity contribution in [3.8, 4) is 0 Å². The van der Waals surface area contributed by atoms with Crippen molar-refractivity contribution in [1.82, 2.24) is 5.32 Å². The zero-order chi connectivity index (χ0) is 15.2. The maximum absolute atomic E-state index is 12.0. The fourth-order valence-corrected chi connectivity index (χ4v) is 3.61. The molecule has 5 heteroatoms. The molecule has 0 unspecified atom stereocenters. The van der Waals surface area contributed by atoms with Gasteiger partial charge in [-0.05, 0) is 50.4 Å². The smallest absolute Gasteiger partial charge is 0.408 e. The van der Waals surface area contributed by atoms with Crippen molar-refractivity contribution in [3.05, 3.63) is 12.7 Å². The molecular formula is C16H25NO4. The maximum atomic E-state index is 12.0. The van der Waals surface area contributed by atoms with E-state index in [4.69, 9.17) is 4.74 Å². The van der Waals surface area contributed by atoms with Gasteiger partial charge in [-0.2, -0.15) is 0 Å². The van der Waals surface area contributed by atoms with Crippen LogP contribution in [0.4, 0.5) is 4.79 Å². The number of carbonyl (C=O) groups is 2. The summed E-state index contributed by atoms with van der Waals surface area (Å²) >= 11 is 0. The second-order valence-electron chi connectivity index (χ2n) is 6.16. The molecule has 0 saturated heterocycles. The summed E-state index contributed by atoms with van der Waals surface area (Å²) in [4.78, 5) is 23.3. The third-order valence-corrected chi connectivity index (χ3v) is 4.73. The van der Waals surface area contributed by atoms with Gasteiger partial charge < -0.3 is 15.2 Å². The van der Waals surface area contributed by atoms with Gasteiger partial charge in [0.05, 0.1) is 0 Å². The molecule has 0 aromatic rings. The highest BCUT2D eigenvalue weighted by molar-refractivity contribution is 5.80. The van der Waals surface area contributed by atoms with Crippen molar-refractivity contribution < 1.29 is 19.4 Å². The van der Waals surface area contributed by atoms with Gasteiger partial charge in [-0.15, -0.1) is 6.58 Å². The van der Waals surface area contributed by atoms with Crippen LogP contribution >= 0.6 is 0 Å². The van der Waals surface area contributed by atoms with E-state index in [0.29, 0.717) is 5.92 Å². The van der Waals surface area contributed by atoms with E-state index in [-0.39, 0.29) is 12.0 Å². The Kier molecular flexibility index (Phi) is 5.65. The standard InChI is InChI=1S/C16H25NO4/c1-2-6-11-9-5-10-13(11)21-16(20)17-14(15(18)19)12-7-3-4-8-12/h2,11-14H,1,3-10H2,(H,17,20)(H,18,19)/t11-,13+,14-/m0/s1. The summed E-state index contributed by atoms with van der Waals surface area (Å²) in [6, 6.07) is -0.820. The molecule has 0 heterocycles. The highest BCUT2D eigenvalue weighted by atomic mass is 16.6. The molecule has 21 heavy (non-hydrogen) atoms. The Labute approximate surface area is 125 Å². The topological polar surface area (TPSA) is 75.6 Å². The SMILES string of the molecule is C=CC[C@H]1CCC[C@H]1OC(=O)N[C@H](C(=O)O)C1CCCC1. The Balaban J connectivity index is 1.87. The van der Waals surface area contributed by atoms with E-state index in [1.165, 1.54) is 0 Å². The third-order valence-electron chi connectivity index (χ3n) is 4.73. The van der Waals surface area contributed by atoms with Gasteiger partial charge in [0.25, 0.3) is 0 Å². The normalized spacial score (nSPS) is 27.2. The quantitative estimate of drug-likeness (QED) is 0.738. The van der Waals surface area contributed by atoms with E-state index >= 15 is 0 Å². The lowest BCUT2D eigenvalue weighted by molar-refractivity contribution is -0.140. The van der Waals surface area contributed by atoms with Gasteiger partial charge in [-0.1, -0.05) is 18.9 Å². The molecule has 2 fully saturated rings. The summed E-state index contributed by atoms with van der Waals surface area (Å²) in [5, 5.41) is 11.9. The van der Waals surface area contributed by atoms with Gasteiger partial charge in [0.15, 0.2) is 0 Å². The molecule has 0 aliphatic heterocycles. The minimum atomic E-state index is -0.965. The van der Waals surface area contributed by atoms with E-state index in [9.17, 15) is 14.7 Å². The second kappa shape index (κ2) is 7.48. The van der Waals surface area contributed by atoms with Gasteiger partial charge >= 0.3 is 12.1 Å². The van der Waals surface area contributed by atoms with Crippen LogP contribution in [0.5, 0.6) is 0 Å². The van der Waals surface area contributed by atoms with Crippen LogP contribution in [0.3, 0.4) is 0 Å². The maximum Gasteiger partial charge on any atom is 0.408 e. The fourth-order valence-electron chi connectivity index (χ4n) is 3.61. The summed E-state index contributed by atoms with van der Waals surface area (Å²) in [6.07, 6.45) is 8.72. The Morgan fingerprint density at radius 2 is 1.95 bits per heavy atom. The molecule has 118 valence electrons. The molecule has 5 nitrogen and oxygen atoms in total. The summed E-state index contributed by atoms with van der Waals surface area (Å²) in [5.41, 5.74) is 0. The van der Waals surface area contributed by atoms with Crippen LogP contribution in [-0.2, 0) is 9.53 Å². The number of nitrogens with one attached hydrogen (secondary N) is 1. The van der Waals surface area contributed by atoms with E-state index in [1.807, 2.05) is 6.08 Å². The Bertz CT molecular complexity index is 390. The fraction of sp³-hybridized carbons (Fsp3) is 0.750. The average molecular weight is 295 g/mol. The molecule has 3 atom stereocenters. The first kappa shape index (κ1) is 15.9. The number of rotatable bonds is 6. The summed E-state index contributed by atoms with van der Waals surface area (Å²) in [5.74, 6) is -0.612. The molecule has 2 aliphatic rings. The van der Waals surface area contributed by atoms with Crippen molar-refractivity contribution in [2.45, 2.75) is 63.5 Å². The molecular weight excluding hydrogens is 270 g/mol. The largest absolute Gasteiger partial charge is 0.480 e. The third kappa shape index (κ3) is 4.22. The van der Waals surface area contributed by atoms with Crippen LogP contribution in [-0.4, -0.2) is 29.3 Å². The van der Waals surface area contributed by atoms with Crippen molar-refractivity contribution in [2.75, 3.05) is 0 Å². The first-order chi connectivity index (χ1) is 10.1. The van der Waals surface area contributed by atoms with Gasteiger partial charge in [-0.25, -0.2) is 9.59 Å². The minimum absolute atomic E-state index is 0.0302. The second-order valence-corrected chi connectivity index (χ2v) is 6.16. The monoisotopic (exact) mass is 295 g/mol. The van der Waals surface area contributed by atoms with Gasteiger partial charge in [0, 0.05) is 0 Å². The number of alkyl carbamates (subject to hydrolysis) is 1. The molecule has 0 bridgehead atoms. The lowest BCUT2D eigenvalue weighted by atomic mass is 9.98. The van der Waals surface area contributed by atoms with Crippen molar-refractivity contribution in [3.63, 3.8) is 0 Å². The van der Waals surface area contributed by atoms with E-state index < -0.39 is 18.1 Å². The van der Waals surface area contributed by atoms with Crippen LogP contribution in [0.15, 0.2) is 12.7 Å². The number of allylic oxidation sites excluding steroid dienone is 1. The molecule has 2 rings (SSSR count).